The Morgan fingerprint density at radius 3 is 3.00 bits per heavy atom. The fraction of sp³-hybridized carbons (Fsp3) is 0.474. The zero-order valence-electron chi connectivity index (χ0n) is 14.3. The van der Waals surface area contributed by atoms with Crippen LogP contribution >= 0.6 is 0 Å². The molecule has 2 fully saturated rings. The average Bonchev–Trinajstić information content (AvgIpc) is 3.30. The SMILES string of the molecule is CO[C@]12CC[C@@H](Oc3ccccn3)C[C@H]1N(C(=O)c1ccoc1)CC2. The number of fused-ring (bicyclic) bond motifs is 1. The summed E-state index contributed by atoms with van der Waals surface area (Å²) in [7, 11) is 1.75. The highest BCUT2D eigenvalue weighted by Crippen LogP contribution is 2.43. The molecule has 1 saturated heterocycles. The Labute approximate surface area is 146 Å². The van der Waals surface area contributed by atoms with Gasteiger partial charge in [-0.25, -0.2) is 4.98 Å². The molecule has 4 rings (SSSR count). The monoisotopic (exact) mass is 342 g/mol. The van der Waals surface area contributed by atoms with Crippen LogP contribution in [0.4, 0.5) is 0 Å². The third-order valence-corrected chi connectivity index (χ3v) is 5.50. The first-order chi connectivity index (χ1) is 12.2. The smallest absolute Gasteiger partial charge is 0.257 e. The number of furan rings is 1. The number of nitrogens with zero attached hydrogens (tertiary/aromatic N) is 2. The van der Waals surface area contributed by atoms with Crippen LogP contribution in [0.15, 0.2) is 47.4 Å². The van der Waals surface area contributed by atoms with Crippen molar-refractivity contribution in [3.05, 3.63) is 48.6 Å². The number of carbonyl (C=O) groups excluding carboxylic acids is 1. The second-order valence-electron chi connectivity index (χ2n) is 6.73. The van der Waals surface area contributed by atoms with Crippen molar-refractivity contribution in [2.75, 3.05) is 13.7 Å². The molecule has 2 aliphatic rings. The van der Waals surface area contributed by atoms with Gasteiger partial charge in [-0.3, -0.25) is 4.79 Å². The van der Waals surface area contributed by atoms with Crippen molar-refractivity contribution in [3.63, 3.8) is 0 Å². The van der Waals surface area contributed by atoms with Crippen molar-refractivity contribution in [2.45, 2.75) is 43.4 Å². The summed E-state index contributed by atoms with van der Waals surface area (Å²) in [5, 5.41) is 0. The summed E-state index contributed by atoms with van der Waals surface area (Å²) < 4.78 is 17.0. The Balaban J connectivity index is 1.53. The molecule has 1 saturated carbocycles. The summed E-state index contributed by atoms with van der Waals surface area (Å²) in [6.07, 6.45) is 8.15. The molecule has 3 heterocycles. The zero-order valence-corrected chi connectivity index (χ0v) is 14.3. The van der Waals surface area contributed by atoms with E-state index < -0.39 is 0 Å². The van der Waals surface area contributed by atoms with Crippen molar-refractivity contribution in [3.8, 4) is 5.88 Å². The van der Waals surface area contributed by atoms with E-state index in [1.54, 1.807) is 19.4 Å². The van der Waals surface area contributed by atoms with E-state index in [0.717, 1.165) is 25.7 Å². The molecule has 1 amide bonds. The number of rotatable bonds is 4. The number of pyridine rings is 1. The Kier molecular flexibility index (Phi) is 4.21. The lowest BCUT2D eigenvalue weighted by Gasteiger charge is -2.43. The molecule has 2 aromatic rings. The average molecular weight is 342 g/mol. The van der Waals surface area contributed by atoms with Crippen LogP contribution < -0.4 is 4.74 Å². The minimum Gasteiger partial charge on any atom is -0.474 e. The summed E-state index contributed by atoms with van der Waals surface area (Å²) in [5.74, 6) is 0.624. The van der Waals surface area contributed by atoms with Crippen LogP contribution in [0.2, 0.25) is 0 Å². The maximum atomic E-state index is 12.8. The van der Waals surface area contributed by atoms with Gasteiger partial charge in [-0.2, -0.15) is 0 Å². The lowest BCUT2D eigenvalue weighted by atomic mass is 9.79. The molecule has 6 nitrogen and oxygen atoms in total. The Morgan fingerprint density at radius 2 is 2.28 bits per heavy atom. The van der Waals surface area contributed by atoms with Gasteiger partial charge in [0, 0.05) is 32.3 Å². The van der Waals surface area contributed by atoms with Crippen LogP contribution in [0.1, 0.15) is 36.0 Å². The van der Waals surface area contributed by atoms with Crippen LogP contribution in [0.3, 0.4) is 0 Å². The highest BCUT2D eigenvalue weighted by Gasteiger charge is 2.53. The third kappa shape index (κ3) is 2.91. The maximum absolute atomic E-state index is 12.8. The number of hydrogen-bond acceptors (Lipinski definition) is 5. The molecular weight excluding hydrogens is 320 g/mol. The van der Waals surface area contributed by atoms with E-state index in [1.807, 2.05) is 23.1 Å². The molecule has 3 atom stereocenters. The molecule has 6 heteroatoms. The number of carbonyl (C=O) groups is 1. The van der Waals surface area contributed by atoms with E-state index >= 15 is 0 Å². The summed E-state index contributed by atoms with van der Waals surface area (Å²) in [6.45, 7) is 0.693. The number of likely N-dealkylation sites (tertiary alicyclic amines) is 1. The minimum atomic E-state index is -0.274. The Morgan fingerprint density at radius 1 is 1.36 bits per heavy atom. The van der Waals surface area contributed by atoms with Gasteiger partial charge in [0.1, 0.15) is 12.4 Å². The van der Waals surface area contributed by atoms with Crippen molar-refractivity contribution in [1.29, 1.82) is 0 Å². The maximum Gasteiger partial charge on any atom is 0.257 e. The predicted molar refractivity (Wildman–Crippen MR) is 90.4 cm³/mol. The van der Waals surface area contributed by atoms with Gasteiger partial charge in [-0.15, -0.1) is 0 Å². The molecule has 0 radical (unpaired) electrons. The standard InChI is InChI=1S/C19H22N2O4/c1-23-19-7-5-15(25-17-4-2-3-9-20-17)12-16(19)21(10-8-19)18(22)14-6-11-24-13-14/h2-4,6,9,11,13,15-16H,5,7-8,10,12H2,1H3/t15-,16-,19+/m1/s1. The minimum absolute atomic E-state index is 0.00219. The fourth-order valence-electron chi connectivity index (χ4n) is 4.15. The van der Waals surface area contributed by atoms with Crippen molar-refractivity contribution in [2.24, 2.45) is 0 Å². The molecule has 0 unspecified atom stereocenters. The second-order valence-corrected chi connectivity index (χ2v) is 6.73. The number of amides is 1. The molecule has 0 aromatic carbocycles. The van der Waals surface area contributed by atoms with E-state index in [9.17, 15) is 4.79 Å². The number of ether oxygens (including phenoxy) is 2. The van der Waals surface area contributed by atoms with Gasteiger partial charge in [-0.05, 0) is 31.4 Å². The fourth-order valence-corrected chi connectivity index (χ4v) is 4.15. The van der Waals surface area contributed by atoms with Crippen LogP contribution in [0.5, 0.6) is 5.88 Å². The van der Waals surface area contributed by atoms with Gasteiger partial charge in [0.2, 0.25) is 5.88 Å². The highest BCUT2D eigenvalue weighted by molar-refractivity contribution is 5.94. The van der Waals surface area contributed by atoms with E-state index in [2.05, 4.69) is 4.98 Å². The predicted octanol–water partition coefficient (Wildman–Crippen LogP) is 2.91. The molecular formula is C19H22N2O4. The first-order valence-corrected chi connectivity index (χ1v) is 8.68. The van der Waals surface area contributed by atoms with Gasteiger partial charge >= 0.3 is 0 Å². The second kappa shape index (κ2) is 6.52. The normalized spacial score (nSPS) is 28.6. The van der Waals surface area contributed by atoms with E-state index in [-0.39, 0.29) is 23.7 Å². The van der Waals surface area contributed by atoms with E-state index in [4.69, 9.17) is 13.9 Å². The van der Waals surface area contributed by atoms with Crippen LogP contribution in [-0.2, 0) is 4.74 Å². The van der Waals surface area contributed by atoms with Crippen LogP contribution in [-0.4, -0.2) is 47.2 Å². The molecule has 0 spiro atoms. The van der Waals surface area contributed by atoms with E-state index in [1.165, 1.54) is 12.5 Å². The largest absolute Gasteiger partial charge is 0.474 e. The zero-order chi connectivity index (χ0) is 17.3. The van der Waals surface area contributed by atoms with Gasteiger partial charge in [0.05, 0.1) is 23.5 Å². The van der Waals surface area contributed by atoms with Gasteiger partial charge < -0.3 is 18.8 Å². The number of methoxy groups -OCH3 is 1. The third-order valence-electron chi connectivity index (χ3n) is 5.50. The summed E-state index contributed by atoms with van der Waals surface area (Å²) in [4.78, 5) is 19.0. The Hall–Kier alpha value is -2.34. The topological polar surface area (TPSA) is 64.8 Å². The van der Waals surface area contributed by atoms with Crippen LogP contribution in [0, 0.1) is 0 Å². The highest BCUT2D eigenvalue weighted by atomic mass is 16.5. The lowest BCUT2D eigenvalue weighted by Crippen LogP contribution is -2.53. The first-order valence-electron chi connectivity index (χ1n) is 8.68. The quantitative estimate of drug-likeness (QED) is 0.855. The molecule has 132 valence electrons. The molecule has 1 aliphatic carbocycles. The van der Waals surface area contributed by atoms with E-state index in [0.29, 0.717) is 18.0 Å². The molecule has 2 aromatic heterocycles. The van der Waals surface area contributed by atoms with Crippen LogP contribution in [0.25, 0.3) is 0 Å². The molecule has 25 heavy (non-hydrogen) atoms. The summed E-state index contributed by atoms with van der Waals surface area (Å²) in [5.41, 5.74) is 0.309. The van der Waals surface area contributed by atoms with Gasteiger partial charge in [0.25, 0.3) is 5.91 Å². The Bertz CT molecular complexity index is 718. The summed E-state index contributed by atoms with van der Waals surface area (Å²) >= 11 is 0. The molecule has 0 N–H and O–H groups in total. The number of aromatic nitrogens is 1. The first kappa shape index (κ1) is 16.1. The lowest BCUT2D eigenvalue weighted by molar-refractivity contribution is -0.0788. The van der Waals surface area contributed by atoms with Crippen molar-refractivity contribution in [1.82, 2.24) is 9.88 Å². The summed E-state index contributed by atoms with van der Waals surface area (Å²) in [6, 6.07) is 7.35. The number of hydrogen-bond donors (Lipinski definition) is 0. The van der Waals surface area contributed by atoms with Gasteiger partial charge in [-0.1, -0.05) is 6.07 Å². The molecule has 0 bridgehead atoms. The van der Waals surface area contributed by atoms with Gasteiger partial charge in [0.15, 0.2) is 0 Å². The van der Waals surface area contributed by atoms with Crippen molar-refractivity contribution >= 4 is 5.91 Å². The van der Waals surface area contributed by atoms with Crippen molar-refractivity contribution < 1.29 is 18.7 Å². The molecule has 1 aliphatic heterocycles.